The summed E-state index contributed by atoms with van der Waals surface area (Å²) >= 11 is 0. The third kappa shape index (κ3) is 21.1. The molecular formula is C60H95NO27. The Balaban J connectivity index is 1.38. The van der Waals surface area contributed by atoms with Gasteiger partial charge in [0, 0.05) is 31.1 Å². The lowest BCUT2D eigenvalue weighted by molar-refractivity contribution is -0.368. The zero-order valence-corrected chi connectivity index (χ0v) is 50.0. The second kappa shape index (κ2) is 35.8. The highest BCUT2D eigenvalue weighted by Gasteiger charge is 2.55. The van der Waals surface area contributed by atoms with E-state index >= 15 is 0 Å². The molecule has 88 heavy (non-hydrogen) atoms. The number of methoxy groups -OCH3 is 1. The molecule has 0 radical (unpaired) electrons. The summed E-state index contributed by atoms with van der Waals surface area (Å²) < 4.78 is 45.5. The molecule has 1 unspecified atom stereocenters. The van der Waals surface area contributed by atoms with Crippen molar-refractivity contribution in [2.75, 3.05) is 26.9 Å². The average Bonchev–Trinajstić information content (AvgIpc) is 1.56. The normalized spacial score (nSPS) is 44.7. The van der Waals surface area contributed by atoms with Gasteiger partial charge in [0.25, 0.3) is 0 Å². The number of hydrogen-bond acceptors (Lipinski definition) is 28. The van der Waals surface area contributed by atoms with Crippen molar-refractivity contribution in [1.29, 1.82) is 0 Å². The highest BCUT2D eigenvalue weighted by molar-refractivity contribution is 5.74. The van der Waals surface area contributed by atoms with E-state index in [1.165, 1.54) is 19.1 Å². The summed E-state index contributed by atoms with van der Waals surface area (Å²) in [6.07, 6.45) is -16.3. The number of esters is 2. The Hall–Kier alpha value is -3.84. The van der Waals surface area contributed by atoms with E-state index in [9.17, 15) is 96.4 Å². The van der Waals surface area contributed by atoms with Crippen LogP contribution in [0.5, 0.6) is 0 Å². The summed E-state index contributed by atoms with van der Waals surface area (Å²) in [5.41, 5.74) is 0. The Morgan fingerprint density at radius 1 is 0.580 bits per heavy atom. The Morgan fingerprint density at radius 2 is 1.18 bits per heavy atom. The van der Waals surface area contributed by atoms with Crippen molar-refractivity contribution in [1.82, 2.24) is 5.32 Å². The van der Waals surface area contributed by atoms with Gasteiger partial charge in [0.1, 0.15) is 67.0 Å². The summed E-state index contributed by atoms with van der Waals surface area (Å²) in [6.45, 7) is 4.27. The first kappa shape index (κ1) is 74.9. The van der Waals surface area contributed by atoms with E-state index in [0.29, 0.717) is 0 Å². The molecule has 5 aliphatic heterocycles. The van der Waals surface area contributed by atoms with Gasteiger partial charge in [-0.1, -0.05) is 98.9 Å². The van der Waals surface area contributed by atoms with E-state index in [1.54, 1.807) is 93.7 Å². The summed E-state index contributed by atoms with van der Waals surface area (Å²) in [5.74, 6) is -6.63. The van der Waals surface area contributed by atoms with Crippen LogP contribution in [-0.2, 0) is 47.5 Å². The van der Waals surface area contributed by atoms with Gasteiger partial charge >= 0.3 is 11.9 Å². The third-order valence-electron chi connectivity index (χ3n) is 16.7. The number of carbonyl (C=O) groups excluding carboxylic acids is 2. The van der Waals surface area contributed by atoms with Gasteiger partial charge in [0.05, 0.1) is 113 Å². The zero-order valence-electron chi connectivity index (χ0n) is 50.0. The van der Waals surface area contributed by atoms with Gasteiger partial charge in [0.2, 0.25) is 5.79 Å². The monoisotopic (exact) mass is 1260 g/mol. The largest absolute Gasteiger partial charge is 0.469 e. The molecular weight excluding hydrogens is 1170 g/mol. The smallest absolute Gasteiger partial charge is 0.313 e. The number of rotatable bonds is 9. The van der Waals surface area contributed by atoms with Crippen molar-refractivity contribution in [2.24, 2.45) is 17.8 Å². The molecule has 4 fully saturated rings. The number of fused-ring (bicyclic) bond motifs is 2. The summed E-state index contributed by atoms with van der Waals surface area (Å²) in [6, 6.07) is -1.46. The van der Waals surface area contributed by atoms with Crippen molar-refractivity contribution in [3.63, 3.8) is 0 Å². The van der Waals surface area contributed by atoms with Crippen molar-refractivity contribution in [3.05, 3.63) is 85.1 Å². The zero-order chi connectivity index (χ0) is 65.2. The Labute approximate surface area is 511 Å². The SMILES string of the molecule is COC(=O)[C@H]1[C@@H]2C[C@@H](O[C@@H]3O[C@H](C)[C@@H](O)[C@H](NC[C@@]4(O)OC[C@@H](O)[C@@H](O[C@H]5O[C@H](CO)[C@@H](O)[C@H](O)[C@H]5O)[C@@H]4O)[C@@H]3O)C=CC=CC=CC=CC=CC=CC=C[C@H](C)[C@@H](O)[C@@H](C)[C@H](C)OC(=O)C[C@H](O)C[C@H](O)CC[C@@H](O)[C@H](O)C[C@H](O)[C@@H](O)C(C[C@@H]1O)O2. The molecule has 18 N–H and O–H groups in total. The average molecular weight is 1260 g/mol. The second-order valence-electron chi connectivity index (χ2n) is 23.4. The predicted octanol–water partition coefficient (Wildman–Crippen LogP) is -4.29. The molecule has 0 amide bonds. The van der Waals surface area contributed by atoms with Crippen molar-refractivity contribution >= 4 is 11.9 Å². The van der Waals surface area contributed by atoms with Crippen LogP contribution < -0.4 is 5.32 Å². The third-order valence-corrected chi connectivity index (χ3v) is 16.7. The van der Waals surface area contributed by atoms with Gasteiger partial charge in [0.15, 0.2) is 12.6 Å². The first-order valence-corrected chi connectivity index (χ1v) is 29.8. The number of nitrogens with one attached hydrogen (secondary N) is 1. The minimum Gasteiger partial charge on any atom is -0.469 e. The molecule has 502 valence electrons. The Kier molecular flexibility index (Phi) is 30.5. The lowest BCUT2D eigenvalue weighted by Gasteiger charge is -2.48. The number of hydrogen-bond donors (Lipinski definition) is 18. The van der Waals surface area contributed by atoms with Crippen molar-refractivity contribution in [2.45, 2.75) is 231 Å². The van der Waals surface area contributed by atoms with Crippen molar-refractivity contribution in [3.8, 4) is 0 Å². The van der Waals surface area contributed by atoms with E-state index in [2.05, 4.69) is 5.32 Å². The van der Waals surface area contributed by atoms with Crippen LogP contribution >= 0.6 is 0 Å². The highest BCUT2D eigenvalue weighted by atomic mass is 16.7. The lowest BCUT2D eigenvalue weighted by Crippen LogP contribution is -2.70. The van der Waals surface area contributed by atoms with Crippen LogP contribution in [0.15, 0.2) is 85.1 Å². The van der Waals surface area contributed by atoms with Crippen LogP contribution in [0.3, 0.4) is 0 Å². The van der Waals surface area contributed by atoms with E-state index in [4.69, 9.17) is 37.9 Å². The molecule has 5 aliphatic rings. The van der Waals surface area contributed by atoms with Gasteiger partial charge in [-0.2, -0.15) is 0 Å². The van der Waals surface area contributed by atoms with Gasteiger partial charge in [-0.05, 0) is 33.1 Å². The quantitative estimate of drug-likeness (QED) is 0.0972. The molecule has 28 nitrogen and oxygen atoms in total. The molecule has 0 spiro atoms. The number of ether oxygens (including phenoxy) is 8. The number of carbonyl (C=O) groups is 2. The minimum atomic E-state index is -2.67. The van der Waals surface area contributed by atoms with Crippen LogP contribution in [0.25, 0.3) is 0 Å². The van der Waals surface area contributed by atoms with Crippen molar-refractivity contribution < 1.29 is 134 Å². The fourth-order valence-corrected chi connectivity index (χ4v) is 11.0. The summed E-state index contributed by atoms with van der Waals surface area (Å²) in [7, 11) is 1.07. The molecule has 0 saturated carbocycles. The van der Waals surface area contributed by atoms with Crippen LogP contribution in [0.1, 0.15) is 72.6 Å². The number of aliphatic hydroxyl groups excluding tert-OH is 16. The minimum absolute atomic E-state index is 0.168. The van der Waals surface area contributed by atoms with Gasteiger partial charge in [-0.25, -0.2) is 0 Å². The molecule has 28 heteroatoms. The molecule has 0 aromatic heterocycles. The molecule has 5 heterocycles. The molecule has 0 aliphatic carbocycles. The van der Waals surface area contributed by atoms with Crippen LogP contribution in [0.4, 0.5) is 0 Å². The Bertz CT molecular complexity index is 2320. The molecule has 29 atom stereocenters. The molecule has 2 bridgehead atoms. The fourth-order valence-electron chi connectivity index (χ4n) is 11.0. The lowest BCUT2D eigenvalue weighted by atomic mass is 9.83. The summed E-state index contributed by atoms with van der Waals surface area (Å²) in [4.78, 5) is 26.1. The maximum absolute atomic E-state index is 13.4. The van der Waals surface area contributed by atoms with Gasteiger partial charge in [-0.15, -0.1) is 0 Å². The number of allylic oxidation sites excluding steroid dienone is 12. The topological polar surface area (TPSA) is 464 Å². The first-order valence-electron chi connectivity index (χ1n) is 29.8. The van der Waals surface area contributed by atoms with Gasteiger partial charge < -0.3 is 130 Å². The van der Waals surface area contributed by atoms with Gasteiger partial charge in [-0.3, -0.25) is 9.59 Å². The van der Waals surface area contributed by atoms with Crippen LogP contribution in [0, 0.1) is 17.8 Å². The first-order chi connectivity index (χ1) is 41.6. The maximum Gasteiger partial charge on any atom is 0.313 e. The highest BCUT2D eigenvalue weighted by Crippen LogP contribution is 2.36. The standard InChI is InChI=1S/C60H95NO27/c1-30-18-16-14-12-10-8-6-7-9-11-13-15-17-19-36(85-58-52(75)47(49(72)33(4)84-58)61-29-60(80)56(78)55(41(69)28-82-60)88-59-54(77)53(76)51(74)44(27-62)87-59)24-42-46(57(79)81-5)39(67)26-43(86-42)50(73)40(68)25-38(66)37(65)21-20-34(63)22-35(64)23-45(70)83-32(3)31(2)48(30)71/h6-19,30-44,46-56,58-59,61-69,71-78,80H,20-29H2,1-5H3/t30-,31-,32-,33+,34+,35+,36-,37+,38+,39-,40-,41+,42-,43?,44+,46+,47-,48+,49+,50+,51+,52-,53-,54+,55+,56-,58-,59+,60+/m0/s1. The van der Waals surface area contributed by atoms with E-state index in [-0.39, 0.29) is 31.6 Å². The maximum atomic E-state index is 13.4. The molecule has 0 aromatic rings. The second-order valence-corrected chi connectivity index (χ2v) is 23.4. The molecule has 0 aromatic carbocycles. The van der Waals surface area contributed by atoms with E-state index in [1.807, 2.05) is 0 Å². The molecule has 5 rings (SSSR count). The van der Waals surface area contributed by atoms with E-state index < -0.39 is 221 Å². The molecule has 4 saturated heterocycles. The van der Waals surface area contributed by atoms with Crippen LogP contribution in [-0.4, -0.2) is 284 Å². The number of cyclic esters (lactones) is 1. The number of aliphatic hydroxyl groups is 17. The Morgan fingerprint density at radius 3 is 1.80 bits per heavy atom. The summed E-state index contributed by atoms with van der Waals surface area (Å²) in [5, 5.41) is 189. The van der Waals surface area contributed by atoms with E-state index in [0.717, 1.165) is 7.11 Å². The fraction of sp³-hybridized carbons (Fsp3) is 0.733. The predicted molar refractivity (Wildman–Crippen MR) is 307 cm³/mol. The van der Waals surface area contributed by atoms with Crippen LogP contribution in [0.2, 0.25) is 0 Å².